The first kappa shape index (κ1) is 9.74. The van der Waals surface area contributed by atoms with E-state index in [9.17, 15) is 0 Å². The largest absolute Gasteiger partial charge is 0.481 e. The molecule has 76 valence electrons. The number of hydrogen-bond acceptors (Lipinski definition) is 3. The summed E-state index contributed by atoms with van der Waals surface area (Å²) in [5.74, 6) is 0.629. The van der Waals surface area contributed by atoms with Gasteiger partial charge in [-0.1, -0.05) is 11.6 Å². The highest BCUT2D eigenvalue weighted by atomic mass is 35.5. The highest BCUT2D eigenvalue weighted by Crippen LogP contribution is 2.50. The van der Waals surface area contributed by atoms with Crippen LogP contribution >= 0.6 is 11.6 Å². The van der Waals surface area contributed by atoms with Crippen LogP contribution in [0.3, 0.4) is 0 Å². The second-order valence-electron chi connectivity index (χ2n) is 3.51. The summed E-state index contributed by atoms with van der Waals surface area (Å²) in [4.78, 5) is 4.17. The van der Waals surface area contributed by atoms with Crippen molar-refractivity contribution in [3.63, 3.8) is 0 Å². The molecule has 0 saturated heterocycles. The molecule has 0 aliphatic heterocycles. The van der Waals surface area contributed by atoms with Gasteiger partial charge in [0.25, 0.3) is 0 Å². The summed E-state index contributed by atoms with van der Waals surface area (Å²) in [5.41, 5.74) is 0.989. The number of ether oxygens (including phenoxy) is 1. The Morgan fingerprint density at radius 2 is 2.29 bits per heavy atom. The van der Waals surface area contributed by atoms with E-state index < -0.39 is 0 Å². The van der Waals surface area contributed by atoms with Crippen LogP contribution in [0.15, 0.2) is 12.3 Å². The number of nitrogens with one attached hydrogen (secondary N) is 1. The molecule has 0 spiro atoms. The Bertz CT molecular complexity index is 350. The van der Waals surface area contributed by atoms with Gasteiger partial charge in [0.1, 0.15) is 0 Å². The van der Waals surface area contributed by atoms with E-state index in [-0.39, 0.29) is 5.54 Å². The molecule has 4 heteroatoms. The summed E-state index contributed by atoms with van der Waals surface area (Å²) in [6.07, 6.45) is 3.84. The van der Waals surface area contributed by atoms with Crippen LogP contribution in [0.4, 0.5) is 0 Å². The predicted molar refractivity (Wildman–Crippen MR) is 55.8 cm³/mol. The number of methoxy groups -OCH3 is 1. The molecule has 1 saturated carbocycles. The van der Waals surface area contributed by atoms with Gasteiger partial charge in [0.2, 0.25) is 5.88 Å². The van der Waals surface area contributed by atoms with Gasteiger partial charge in [-0.15, -0.1) is 0 Å². The van der Waals surface area contributed by atoms with Gasteiger partial charge in [-0.3, -0.25) is 0 Å². The molecule has 0 amide bonds. The zero-order chi connectivity index (χ0) is 10.2. The van der Waals surface area contributed by atoms with Crippen molar-refractivity contribution < 1.29 is 4.74 Å². The SMILES string of the molecule is CNC1(c2c(Cl)ccnc2OC)CC1. The monoisotopic (exact) mass is 212 g/mol. The number of nitrogens with zero attached hydrogens (tertiary/aromatic N) is 1. The molecule has 14 heavy (non-hydrogen) atoms. The molecule has 0 aromatic carbocycles. The molecular formula is C10H13ClN2O. The average molecular weight is 213 g/mol. The molecule has 1 aliphatic rings. The number of aromatic nitrogens is 1. The summed E-state index contributed by atoms with van der Waals surface area (Å²) < 4.78 is 5.22. The molecule has 1 heterocycles. The van der Waals surface area contributed by atoms with Crippen molar-refractivity contribution in [1.29, 1.82) is 0 Å². The lowest BCUT2D eigenvalue weighted by atomic mass is 10.1. The first-order valence-electron chi connectivity index (χ1n) is 4.61. The van der Waals surface area contributed by atoms with Gasteiger partial charge in [-0.05, 0) is 26.0 Å². The van der Waals surface area contributed by atoms with Crippen LogP contribution in [0.5, 0.6) is 5.88 Å². The number of halogens is 1. The molecule has 3 nitrogen and oxygen atoms in total. The molecule has 1 aromatic rings. The lowest BCUT2D eigenvalue weighted by molar-refractivity contribution is 0.382. The van der Waals surface area contributed by atoms with Crippen LogP contribution in [-0.2, 0) is 5.54 Å². The molecule has 1 aliphatic carbocycles. The van der Waals surface area contributed by atoms with E-state index in [0.29, 0.717) is 5.88 Å². The van der Waals surface area contributed by atoms with Crippen molar-refractivity contribution in [2.45, 2.75) is 18.4 Å². The van der Waals surface area contributed by atoms with Crippen molar-refractivity contribution in [3.05, 3.63) is 22.8 Å². The summed E-state index contributed by atoms with van der Waals surface area (Å²) in [6, 6.07) is 1.80. The quantitative estimate of drug-likeness (QED) is 0.832. The lowest BCUT2D eigenvalue weighted by Crippen LogP contribution is -2.25. The fourth-order valence-electron chi connectivity index (χ4n) is 1.76. The van der Waals surface area contributed by atoms with Crippen molar-refractivity contribution in [1.82, 2.24) is 10.3 Å². The molecule has 0 radical (unpaired) electrons. The van der Waals surface area contributed by atoms with E-state index in [4.69, 9.17) is 16.3 Å². The Labute approximate surface area is 88.4 Å². The number of hydrogen-bond donors (Lipinski definition) is 1. The number of rotatable bonds is 3. The van der Waals surface area contributed by atoms with Gasteiger partial charge in [0.05, 0.1) is 23.2 Å². The first-order valence-corrected chi connectivity index (χ1v) is 4.99. The van der Waals surface area contributed by atoms with E-state index in [0.717, 1.165) is 23.4 Å². The zero-order valence-corrected chi connectivity index (χ0v) is 9.06. The van der Waals surface area contributed by atoms with Crippen LogP contribution in [0.1, 0.15) is 18.4 Å². The maximum atomic E-state index is 6.15. The molecule has 1 aromatic heterocycles. The summed E-state index contributed by atoms with van der Waals surface area (Å²) in [6.45, 7) is 0. The Kier molecular flexibility index (Phi) is 2.37. The van der Waals surface area contributed by atoms with Crippen molar-refractivity contribution >= 4 is 11.6 Å². The van der Waals surface area contributed by atoms with Gasteiger partial charge in [-0.25, -0.2) is 4.98 Å². The Balaban J connectivity index is 2.50. The normalized spacial score (nSPS) is 17.9. The van der Waals surface area contributed by atoms with E-state index in [2.05, 4.69) is 10.3 Å². The minimum absolute atomic E-state index is 0.00329. The van der Waals surface area contributed by atoms with Crippen LogP contribution in [0.25, 0.3) is 0 Å². The van der Waals surface area contributed by atoms with Crippen molar-refractivity contribution in [2.24, 2.45) is 0 Å². The fourth-order valence-corrected chi connectivity index (χ4v) is 2.08. The predicted octanol–water partition coefficient (Wildman–Crippen LogP) is 1.95. The summed E-state index contributed by atoms with van der Waals surface area (Å²) >= 11 is 6.15. The highest BCUT2D eigenvalue weighted by Gasteiger charge is 2.46. The maximum Gasteiger partial charge on any atom is 0.219 e. The minimum atomic E-state index is -0.00329. The van der Waals surface area contributed by atoms with Crippen LogP contribution in [0, 0.1) is 0 Å². The van der Waals surface area contributed by atoms with E-state index in [1.54, 1.807) is 19.4 Å². The van der Waals surface area contributed by atoms with Crippen molar-refractivity contribution in [3.8, 4) is 5.88 Å². The molecular weight excluding hydrogens is 200 g/mol. The summed E-state index contributed by atoms with van der Waals surface area (Å²) in [5, 5.41) is 4.01. The standard InChI is InChI=1S/C10H13ClN2O/c1-12-10(4-5-10)8-7(11)3-6-13-9(8)14-2/h3,6,12H,4-5H2,1-2H3. The maximum absolute atomic E-state index is 6.15. The third-order valence-electron chi connectivity index (χ3n) is 2.77. The topological polar surface area (TPSA) is 34.2 Å². The fraction of sp³-hybridized carbons (Fsp3) is 0.500. The minimum Gasteiger partial charge on any atom is -0.481 e. The molecule has 2 rings (SSSR count). The molecule has 1 fully saturated rings. The third kappa shape index (κ3) is 1.37. The van der Waals surface area contributed by atoms with Gasteiger partial charge >= 0.3 is 0 Å². The van der Waals surface area contributed by atoms with E-state index >= 15 is 0 Å². The summed E-state index contributed by atoms with van der Waals surface area (Å²) in [7, 11) is 3.56. The van der Waals surface area contributed by atoms with Crippen LogP contribution in [-0.4, -0.2) is 19.1 Å². The van der Waals surface area contributed by atoms with Gasteiger partial charge in [0, 0.05) is 6.20 Å². The van der Waals surface area contributed by atoms with E-state index in [1.807, 2.05) is 7.05 Å². The van der Waals surface area contributed by atoms with Gasteiger partial charge < -0.3 is 10.1 Å². The van der Waals surface area contributed by atoms with Gasteiger partial charge in [-0.2, -0.15) is 0 Å². The lowest BCUT2D eigenvalue weighted by Gasteiger charge is -2.18. The smallest absolute Gasteiger partial charge is 0.219 e. The Hall–Kier alpha value is -0.800. The van der Waals surface area contributed by atoms with Gasteiger partial charge in [0.15, 0.2) is 0 Å². The molecule has 0 atom stereocenters. The molecule has 0 bridgehead atoms. The average Bonchev–Trinajstić information content (AvgIpc) is 2.98. The molecule has 1 N–H and O–H groups in total. The Morgan fingerprint density at radius 3 is 2.79 bits per heavy atom. The second-order valence-corrected chi connectivity index (χ2v) is 3.92. The highest BCUT2D eigenvalue weighted by molar-refractivity contribution is 6.31. The second kappa shape index (κ2) is 3.41. The van der Waals surface area contributed by atoms with Crippen molar-refractivity contribution in [2.75, 3.05) is 14.2 Å². The van der Waals surface area contributed by atoms with Crippen LogP contribution < -0.4 is 10.1 Å². The number of pyridine rings is 1. The van der Waals surface area contributed by atoms with E-state index in [1.165, 1.54) is 0 Å². The van der Waals surface area contributed by atoms with Crippen LogP contribution in [0.2, 0.25) is 5.02 Å². The third-order valence-corrected chi connectivity index (χ3v) is 3.08. The molecule has 0 unspecified atom stereocenters. The Morgan fingerprint density at radius 1 is 1.57 bits per heavy atom. The zero-order valence-electron chi connectivity index (χ0n) is 8.30. The first-order chi connectivity index (χ1) is 6.73.